The van der Waals surface area contributed by atoms with Crippen LogP contribution in [0.25, 0.3) is 5.69 Å². The Kier molecular flexibility index (Phi) is 6.63. The summed E-state index contributed by atoms with van der Waals surface area (Å²) >= 11 is 3.21. The average Bonchev–Trinajstić information content (AvgIpc) is 3.40. The molecule has 0 aliphatic heterocycles. The second-order valence-electron chi connectivity index (χ2n) is 7.76. The summed E-state index contributed by atoms with van der Waals surface area (Å²) in [5.41, 5.74) is 1.48. The van der Waals surface area contributed by atoms with Crippen LogP contribution in [0.5, 0.6) is 5.75 Å². The quantitative estimate of drug-likeness (QED) is 0.186. The van der Waals surface area contributed by atoms with Gasteiger partial charge in [-0.15, -0.1) is 0 Å². The topological polar surface area (TPSA) is 142 Å². The highest BCUT2D eigenvalue weighted by atomic mass is 79.9. The standard InChI is InChI=1S/C23H17BrFN7O4/c1-12-6-20(22(33)18-9-16(10-26)30(3)29-18)31(28-12)19-5-4-15(25)8-17(19)13(2)36-21-7-14(24)11-27-23(21)32(34)35/h4-9,11,13H,1-3H3. The number of nitro groups is 1. The molecule has 3 heterocycles. The van der Waals surface area contributed by atoms with Gasteiger partial charge >= 0.3 is 5.82 Å². The molecule has 3 aromatic heterocycles. The predicted octanol–water partition coefficient (Wildman–Crippen LogP) is 4.36. The van der Waals surface area contributed by atoms with Gasteiger partial charge in [-0.3, -0.25) is 9.48 Å². The summed E-state index contributed by atoms with van der Waals surface area (Å²) in [6.45, 7) is 3.27. The average molecular weight is 554 g/mol. The van der Waals surface area contributed by atoms with Crippen LogP contribution in [0.3, 0.4) is 0 Å². The number of carbonyl (C=O) groups excluding carboxylic acids is 1. The number of nitrogens with zero attached hydrogens (tertiary/aromatic N) is 7. The SMILES string of the molecule is Cc1cc(C(=O)c2cc(C#N)n(C)n2)n(-c2ccc(F)cc2C(C)Oc2cc(Br)cnc2[N+](=O)[O-])n1. The molecule has 4 aromatic rings. The van der Waals surface area contributed by atoms with Gasteiger partial charge in [0.15, 0.2) is 6.20 Å². The van der Waals surface area contributed by atoms with Crippen LogP contribution in [-0.2, 0) is 7.05 Å². The third kappa shape index (κ3) is 4.71. The van der Waals surface area contributed by atoms with Crippen LogP contribution in [-0.4, -0.2) is 35.3 Å². The van der Waals surface area contributed by atoms with E-state index in [9.17, 15) is 24.6 Å². The van der Waals surface area contributed by atoms with Crippen molar-refractivity contribution >= 4 is 27.5 Å². The number of nitriles is 1. The first-order valence-corrected chi connectivity index (χ1v) is 11.2. The molecule has 0 saturated carbocycles. The Bertz CT molecular complexity index is 1560. The van der Waals surface area contributed by atoms with Crippen LogP contribution in [0, 0.1) is 34.2 Å². The third-order valence-electron chi connectivity index (χ3n) is 5.22. The molecule has 13 heteroatoms. The highest BCUT2D eigenvalue weighted by Gasteiger charge is 2.26. The van der Waals surface area contributed by atoms with Crippen LogP contribution in [0.15, 0.2) is 47.1 Å². The second-order valence-corrected chi connectivity index (χ2v) is 8.67. The van der Waals surface area contributed by atoms with Crippen molar-refractivity contribution in [2.45, 2.75) is 20.0 Å². The molecular formula is C23H17BrFN7O4. The molecule has 36 heavy (non-hydrogen) atoms. The number of ether oxygens (including phenoxy) is 1. The molecule has 0 radical (unpaired) electrons. The number of halogens is 2. The summed E-state index contributed by atoms with van der Waals surface area (Å²) in [6.07, 6.45) is 0.362. The summed E-state index contributed by atoms with van der Waals surface area (Å²) in [6, 6.07) is 10.1. The van der Waals surface area contributed by atoms with Gasteiger partial charge in [0.1, 0.15) is 35.1 Å². The lowest BCUT2D eigenvalue weighted by Crippen LogP contribution is -2.15. The molecule has 182 valence electrons. The lowest BCUT2D eigenvalue weighted by Gasteiger charge is -2.19. The maximum atomic E-state index is 14.3. The summed E-state index contributed by atoms with van der Waals surface area (Å²) in [5, 5.41) is 29.1. The Morgan fingerprint density at radius 2 is 2.03 bits per heavy atom. The van der Waals surface area contributed by atoms with E-state index in [-0.39, 0.29) is 28.4 Å². The minimum Gasteiger partial charge on any atom is -0.478 e. The maximum Gasteiger partial charge on any atom is 0.406 e. The first-order valence-electron chi connectivity index (χ1n) is 10.4. The van der Waals surface area contributed by atoms with E-state index in [2.05, 4.69) is 31.1 Å². The van der Waals surface area contributed by atoms with Gasteiger partial charge in [0.2, 0.25) is 11.5 Å². The lowest BCUT2D eigenvalue weighted by molar-refractivity contribution is -0.390. The third-order valence-corrected chi connectivity index (χ3v) is 5.66. The van der Waals surface area contributed by atoms with Crippen molar-refractivity contribution in [3.05, 3.63) is 91.3 Å². The first-order chi connectivity index (χ1) is 17.1. The molecule has 0 bridgehead atoms. The molecule has 0 aliphatic carbocycles. The molecule has 1 unspecified atom stereocenters. The minimum absolute atomic E-state index is 0.0407. The Morgan fingerprint density at radius 3 is 2.69 bits per heavy atom. The van der Waals surface area contributed by atoms with Crippen molar-refractivity contribution in [2.75, 3.05) is 0 Å². The van der Waals surface area contributed by atoms with Crippen molar-refractivity contribution in [1.82, 2.24) is 24.5 Å². The number of aromatic nitrogens is 5. The molecule has 11 nitrogen and oxygen atoms in total. The van der Waals surface area contributed by atoms with E-state index in [0.717, 1.165) is 0 Å². The second kappa shape index (κ2) is 9.67. The fourth-order valence-electron chi connectivity index (χ4n) is 3.59. The summed E-state index contributed by atoms with van der Waals surface area (Å²) in [7, 11) is 1.55. The zero-order valence-electron chi connectivity index (χ0n) is 19.1. The Labute approximate surface area is 212 Å². The minimum atomic E-state index is -0.905. The first kappa shape index (κ1) is 24.7. The zero-order valence-corrected chi connectivity index (χ0v) is 20.7. The van der Waals surface area contributed by atoms with E-state index in [1.165, 1.54) is 45.9 Å². The van der Waals surface area contributed by atoms with Gasteiger partial charge in [-0.05, 0) is 64.0 Å². The molecule has 0 amide bonds. The number of ketones is 1. The number of benzene rings is 1. The van der Waals surface area contributed by atoms with Crippen molar-refractivity contribution in [3.63, 3.8) is 0 Å². The van der Waals surface area contributed by atoms with Gasteiger partial charge in [0, 0.05) is 24.7 Å². The van der Waals surface area contributed by atoms with E-state index in [0.29, 0.717) is 15.9 Å². The van der Waals surface area contributed by atoms with E-state index in [1.54, 1.807) is 27.0 Å². The van der Waals surface area contributed by atoms with E-state index >= 15 is 0 Å². The van der Waals surface area contributed by atoms with Crippen molar-refractivity contribution in [2.24, 2.45) is 7.05 Å². The van der Waals surface area contributed by atoms with Gasteiger partial charge < -0.3 is 14.9 Å². The molecular weight excluding hydrogens is 537 g/mol. The summed E-state index contributed by atoms with van der Waals surface area (Å²) in [5.74, 6) is -1.70. The zero-order chi connectivity index (χ0) is 26.1. The predicted molar refractivity (Wildman–Crippen MR) is 127 cm³/mol. The van der Waals surface area contributed by atoms with E-state index in [4.69, 9.17) is 4.74 Å². The monoisotopic (exact) mass is 553 g/mol. The fourth-order valence-corrected chi connectivity index (χ4v) is 3.90. The highest BCUT2D eigenvalue weighted by Crippen LogP contribution is 2.34. The van der Waals surface area contributed by atoms with Crippen LogP contribution >= 0.6 is 15.9 Å². The molecule has 0 saturated heterocycles. The summed E-state index contributed by atoms with van der Waals surface area (Å²) in [4.78, 5) is 27.8. The molecule has 1 aromatic carbocycles. The van der Waals surface area contributed by atoms with Gasteiger partial charge in [-0.2, -0.15) is 15.5 Å². The van der Waals surface area contributed by atoms with E-state index < -0.39 is 28.4 Å². The van der Waals surface area contributed by atoms with Crippen molar-refractivity contribution in [3.8, 4) is 17.5 Å². The largest absolute Gasteiger partial charge is 0.478 e. The molecule has 0 spiro atoms. The maximum absolute atomic E-state index is 14.3. The molecule has 0 aliphatic rings. The van der Waals surface area contributed by atoms with Gasteiger partial charge in [0.25, 0.3) is 0 Å². The fraction of sp³-hybridized carbons (Fsp3) is 0.174. The number of carbonyl (C=O) groups is 1. The van der Waals surface area contributed by atoms with Crippen molar-refractivity contribution < 1.29 is 18.8 Å². The normalized spacial score (nSPS) is 11.7. The Balaban J connectivity index is 1.79. The Hall–Kier alpha value is -4.44. The molecule has 1 atom stereocenters. The number of hydrogen-bond donors (Lipinski definition) is 0. The van der Waals surface area contributed by atoms with E-state index in [1.807, 2.05) is 6.07 Å². The molecule has 4 rings (SSSR count). The van der Waals surface area contributed by atoms with Gasteiger partial charge in [-0.1, -0.05) is 0 Å². The van der Waals surface area contributed by atoms with Gasteiger partial charge in [-0.25, -0.2) is 9.07 Å². The number of rotatable bonds is 7. The molecule has 0 N–H and O–H groups in total. The van der Waals surface area contributed by atoms with Crippen molar-refractivity contribution in [1.29, 1.82) is 5.26 Å². The van der Waals surface area contributed by atoms with Crippen LogP contribution in [0.4, 0.5) is 10.2 Å². The Morgan fingerprint density at radius 1 is 1.28 bits per heavy atom. The number of aryl methyl sites for hydroxylation is 2. The van der Waals surface area contributed by atoms with Crippen LogP contribution < -0.4 is 4.74 Å². The number of pyridine rings is 1. The van der Waals surface area contributed by atoms with Gasteiger partial charge in [0.05, 0.1) is 15.9 Å². The lowest BCUT2D eigenvalue weighted by atomic mass is 10.1. The molecule has 0 fully saturated rings. The smallest absolute Gasteiger partial charge is 0.406 e. The summed E-state index contributed by atoms with van der Waals surface area (Å²) < 4.78 is 23.2. The number of hydrogen-bond acceptors (Lipinski definition) is 8. The highest BCUT2D eigenvalue weighted by molar-refractivity contribution is 9.10. The van der Waals surface area contributed by atoms with Crippen LogP contribution in [0.2, 0.25) is 0 Å². The van der Waals surface area contributed by atoms with Crippen LogP contribution in [0.1, 0.15) is 46.2 Å².